The summed E-state index contributed by atoms with van der Waals surface area (Å²) in [5.74, 6) is -3.47. The van der Waals surface area contributed by atoms with Crippen molar-refractivity contribution >= 4 is 18.0 Å². The summed E-state index contributed by atoms with van der Waals surface area (Å²) in [5.41, 5.74) is -7.16. The van der Waals surface area contributed by atoms with E-state index in [0.717, 1.165) is 0 Å². The highest BCUT2D eigenvalue weighted by molar-refractivity contribution is 5.89. The number of hydrogen-bond acceptors (Lipinski definition) is 13. The highest BCUT2D eigenvalue weighted by atomic mass is 16.6. The molecule has 1 unspecified atom stereocenters. The number of amides is 1. The number of aliphatic hydroxyl groups is 6. The van der Waals surface area contributed by atoms with Gasteiger partial charge in [-0.15, -0.1) is 0 Å². The molecule has 7 N–H and O–H groups in total. The quantitative estimate of drug-likeness (QED) is 0.121. The predicted molar refractivity (Wildman–Crippen MR) is 189 cm³/mol. The fraction of sp³-hybridized carbons (Fsp3) is 0.667. The van der Waals surface area contributed by atoms with Gasteiger partial charge in [-0.2, -0.15) is 0 Å². The zero-order valence-corrected chi connectivity index (χ0v) is 31.8. The Morgan fingerprint density at radius 2 is 1.64 bits per heavy atom. The number of hydrogen-bond donors (Lipinski definition) is 7. The zero-order valence-electron chi connectivity index (χ0n) is 31.8. The van der Waals surface area contributed by atoms with Crippen LogP contribution < -0.4 is 5.32 Å². The van der Waals surface area contributed by atoms with Crippen LogP contribution in [0.15, 0.2) is 53.1 Å². The minimum absolute atomic E-state index is 0.0605. The third-order valence-electron chi connectivity index (χ3n) is 11.9. The first-order chi connectivity index (χ1) is 24.4. The average molecular weight is 746 g/mol. The lowest BCUT2D eigenvalue weighted by Crippen LogP contribution is -2.81. The van der Waals surface area contributed by atoms with E-state index in [1.165, 1.54) is 25.1 Å². The topological polar surface area (TPSA) is 222 Å². The summed E-state index contributed by atoms with van der Waals surface area (Å²) in [6.45, 7) is 14.3. The zero-order chi connectivity index (χ0) is 39.6. The number of benzene rings is 1. The molecule has 14 heteroatoms. The van der Waals surface area contributed by atoms with E-state index in [-0.39, 0.29) is 29.7 Å². The molecule has 1 heterocycles. The molecule has 12 atom stereocenters. The van der Waals surface area contributed by atoms with Crippen molar-refractivity contribution in [3.63, 3.8) is 0 Å². The van der Waals surface area contributed by atoms with Crippen molar-refractivity contribution in [2.45, 2.75) is 141 Å². The first-order valence-electron chi connectivity index (χ1n) is 18.0. The largest absolute Gasteiger partial charge is 0.456 e. The summed E-state index contributed by atoms with van der Waals surface area (Å²) in [5, 5.41) is 75.1. The molecule has 1 aromatic carbocycles. The molecule has 0 radical (unpaired) electrons. The summed E-state index contributed by atoms with van der Waals surface area (Å²) >= 11 is 0. The van der Waals surface area contributed by atoms with Gasteiger partial charge in [0, 0.05) is 29.6 Å². The molecule has 0 spiro atoms. The number of fused-ring (bicyclic) bond motifs is 5. The summed E-state index contributed by atoms with van der Waals surface area (Å²) in [6, 6.07) is 6.68. The smallest absolute Gasteiger partial charge is 0.408 e. The van der Waals surface area contributed by atoms with Gasteiger partial charge in [-0.3, -0.25) is 0 Å². The molecule has 1 saturated heterocycles. The molecule has 53 heavy (non-hydrogen) atoms. The van der Waals surface area contributed by atoms with Gasteiger partial charge in [-0.25, -0.2) is 14.4 Å². The molecular weight excluding hydrogens is 690 g/mol. The van der Waals surface area contributed by atoms with Gasteiger partial charge in [0.15, 0.2) is 6.10 Å². The molecule has 2 bridgehead atoms. The summed E-state index contributed by atoms with van der Waals surface area (Å²) in [6.07, 6.45) is -10.9. The van der Waals surface area contributed by atoms with E-state index in [9.17, 15) is 45.0 Å². The van der Waals surface area contributed by atoms with Gasteiger partial charge in [0.1, 0.15) is 35.1 Å². The number of allylic oxidation sites excluding steroid dienone is 1. The Morgan fingerprint density at radius 3 is 2.19 bits per heavy atom. The van der Waals surface area contributed by atoms with Crippen molar-refractivity contribution in [1.29, 1.82) is 0 Å². The van der Waals surface area contributed by atoms with Crippen LogP contribution in [-0.2, 0) is 23.7 Å². The molecule has 294 valence electrons. The van der Waals surface area contributed by atoms with Crippen LogP contribution in [0.3, 0.4) is 0 Å². The number of carbonyl (C=O) groups excluding carboxylic acids is 3. The van der Waals surface area contributed by atoms with Crippen LogP contribution in [0.25, 0.3) is 0 Å². The molecule has 14 nitrogen and oxygen atoms in total. The van der Waals surface area contributed by atoms with Crippen LogP contribution >= 0.6 is 0 Å². The Kier molecular flexibility index (Phi) is 10.8. The minimum atomic E-state index is -2.25. The van der Waals surface area contributed by atoms with Gasteiger partial charge in [0.05, 0.1) is 36.5 Å². The van der Waals surface area contributed by atoms with Crippen LogP contribution in [0, 0.1) is 16.7 Å². The fourth-order valence-electron chi connectivity index (χ4n) is 8.97. The second-order valence-corrected chi connectivity index (χ2v) is 17.1. The Morgan fingerprint density at radius 1 is 1.02 bits per heavy atom. The second-order valence-electron chi connectivity index (χ2n) is 17.1. The highest BCUT2D eigenvalue weighted by Crippen LogP contribution is 2.64. The lowest BCUT2D eigenvalue weighted by Gasteiger charge is -2.68. The van der Waals surface area contributed by atoms with Gasteiger partial charge < -0.3 is 54.9 Å². The SMILES string of the molecule is CC(C)=C[C@H](NC(=O)OC(C)(C)C)[C@@H](O)C(=O)OC1C[C@@]2(O)[C@@H](OC(=O)c3ccccc3)[C@@H]3[C@]4(O)CO[C@@H]4C[C@H](O)[C@@]3(C)[C@H](O)[C@H](O)C(=C1C)C2(C)C. The number of alkyl carbamates (subject to hydrolysis) is 1. The summed E-state index contributed by atoms with van der Waals surface area (Å²) in [4.78, 5) is 40.3. The lowest BCUT2D eigenvalue weighted by atomic mass is 9.44. The molecule has 2 saturated carbocycles. The van der Waals surface area contributed by atoms with Crippen molar-refractivity contribution in [1.82, 2.24) is 5.32 Å². The molecule has 3 fully saturated rings. The van der Waals surface area contributed by atoms with Crippen molar-refractivity contribution in [2.75, 3.05) is 6.61 Å². The van der Waals surface area contributed by atoms with E-state index < -0.39 is 107 Å². The van der Waals surface area contributed by atoms with E-state index in [2.05, 4.69) is 5.32 Å². The van der Waals surface area contributed by atoms with Crippen LogP contribution in [0.5, 0.6) is 0 Å². The van der Waals surface area contributed by atoms with E-state index in [0.29, 0.717) is 5.57 Å². The number of esters is 2. The van der Waals surface area contributed by atoms with Crippen molar-refractivity contribution in [3.05, 3.63) is 58.7 Å². The maximum atomic E-state index is 13.9. The normalized spacial score (nSPS) is 37.2. The van der Waals surface area contributed by atoms with Crippen LogP contribution in [0.1, 0.15) is 85.5 Å². The molecule has 5 rings (SSSR count). The van der Waals surface area contributed by atoms with Crippen molar-refractivity contribution in [3.8, 4) is 0 Å². The lowest BCUT2D eigenvalue weighted by molar-refractivity contribution is -0.363. The second kappa shape index (κ2) is 14.0. The highest BCUT2D eigenvalue weighted by Gasteiger charge is 2.76. The predicted octanol–water partition coefficient (Wildman–Crippen LogP) is 2.07. The molecule has 3 aliphatic carbocycles. The number of ether oxygens (including phenoxy) is 4. The Bertz CT molecular complexity index is 1650. The Balaban J connectivity index is 1.62. The van der Waals surface area contributed by atoms with Gasteiger partial charge in [-0.05, 0) is 64.8 Å². The van der Waals surface area contributed by atoms with Gasteiger partial charge >= 0.3 is 18.0 Å². The minimum Gasteiger partial charge on any atom is -0.456 e. The van der Waals surface area contributed by atoms with Gasteiger partial charge in [0.25, 0.3) is 0 Å². The first kappa shape index (κ1) is 40.8. The van der Waals surface area contributed by atoms with Gasteiger partial charge in [0.2, 0.25) is 0 Å². The van der Waals surface area contributed by atoms with Crippen LogP contribution in [-0.4, -0.2) is 121 Å². The van der Waals surface area contributed by atoms with Crippen molar-refractivity contribution < 1.29 is 64.0 Å². The fourth-order valence-corrected chi connectivity index (χ4v) is 8.97. The van der Waals surface area contributed by atoms with Crippen molar-refractivity contribution in [2.24, 2.45) is 16.7 Å². The number of rotatable bonds is 7. The maximum Gasteiger partial charge on any atom is 0.408 e. The molecule has 1 aromatic rings. The van der Waals surface area contributed by atoms with Gasteiger partial charge in [-0.1, -0.05) is 50.6 Å². The third-order valence-corrected chi connectivity index (χ3v) is 11.9. The molecule has 4 aliphatic rings. The average Bonchev–Trinajstić information content (AvgIpc) is 3.05. The standard InChI is InChI=1S/C39H55NO13/c1-19(2)15-22(40-34(47)53-35(4,5)6)27(42)33(46)51-23-17-39(49)31(52-32(45)21-13-11-10-12-14-21)29-37(9,24(41)16-25-38(29,48)18-50-25)30(44)28(43)26(20(23)3)36(39,7)8/h10-15,22-25,27-31,41-44,48-49H,16-18H2,1-9H3,(H,40,47)/t22-,23?,24-,25+,27+,28+,29-,30+,31-,37+,38-,39+/m0/s1. The number of carbonyl (C=O) groups is 3. The summed E-state index contributed by atoms with van der Waals surface area (Å²) < 4.78 is 23.1. The first-order valence-corrected chi connectivity index (χ1v) is 18.0. The molecule has 1 aliphatic heterocycles. The molecule has 1 amide bonds. The molecule has 0 aromatic heterocycles. The number of nitrogens with one attached hydrogen (secondary N) is 1. The van der Waals surface area contributed by atoms with E-state index in [4.69, 9.17) is 18.9 Å². The Labute approximate surface area is 309 Å². The monoisotopic (exact) mass is 745 g/mol. The maximum absolute atomic E-state index is 13.9. The summed E-state index contributed by atoms with van der Waals surface area (Å²) in [7, 11) is 0. The van der Waals surface area contributed by atoms with E-state index in [1.807, 2.05) is 0 Å². The van der Waals surface area contributed by atoms with E-state index in [1.54, 1.807) is 73.6 Å². The Hall–Kier alpha value is -3.37. The molecular formula is C39H55NO13. The van der Waals surface area contributed by atoms with Crippen LogP contribution in [0.2, 0.25) is 0 Å². The number of aliphatic hydroxyl groups excluding tert-OH is 4. The van der Waals surface area contributed by atoms with E-state index >= 15 is 0 Å². The third kappa shape index (κ3) is 6.92. The van der Waals surface area contributed by atoms with Crippen LogP contribution in [0.4, 0.5) is 4.79 Å².